The summed E-state index contributed by atoms with van der Waals surface area (Å²) in [5.41, 5.74) is 2.35. The quantitative estimate of drug-likeness (QED) is 0.906. The number of nitrogens with one attached hydrogen (secondary N) is 1. The molecule has 0 aliphatic heterocycles. The summed E-state index contributed by atoms with van der Waals surface area (Å²) in [6.07, 6.45) is 2.65. The average molecular weight is 275 g/mol. The van der Waals surface area contributed by atoms with E-state index in [0.29, 0.717) is 23.6 Å². The molecule has 3 nitrogen and oxygen atoms in total. The Hall–Kier alpha value is -1.68. The Bertz CT molecular complexity index is 575. The SMILES string of the molecule is CNC(Cc1ccn(C(C)C)n1)c1cccc(C)c1F. The maximum absolute atomic E-state index is 14.2. The molecule has 0 saturated heterocycles. The first-order valence-electron chi connectivity index (χ1n) is 6.99. The highest BCUT2D eigenvalue weighted by molar-refractivity contribution is 5.28. The lowest BCUT2D eigenvalue weighted by molar-refractivity contribution is 0.503. The van der Waals surface area contributed by atoms with E-state index < -0.39 is 0 Å². The van der Waals surface area contributed by atoms with Gasteiger partial charge in [-0.1, -0.05) is 18.2 Å². The summed E-state index contributed by atoms with van der Waals surface area (Å²) in [5.74, 6) is -0.129. The molecule has 0 amide bonds. The van der Waals surface area contributed by atoms with Crippen LogP contribution in [0.3, 0.4) is 0 Å². The smallest absolute Gasteiger partial charge is 0.130 e. The van der Waals surface area contributed by atoms with Gasteiger partial charge in [0.1, 0.15) is 5.82 Å². The lowest BCUT2D eigenvalue weighted by Crippen LogP contribution is -2.20. The minimum Gasteiger partial charge on any atom is -0.313 e. The summed E-state index contributed by atoms with van der Waals surface area (Å²) in [6.45, 7) is 5.97. The van der Waals surface area contributed by atoms with Gasteiger partial charge in [0.05, 0.1) is 5.69 Å². The van der Waals surface area contributed by atoms with Crippen molar-refractivity contribution in [3.63, 3.8) is 0 Å². The minimum absolute atomic E-state index is 0.0644. The number of halogens is 1. The molecule has 1 atom stereocenters. The highest BCUT2D eigenvalue weighted by Crippen LogP contribution is 2.22. The molecule has 1 aromatic carbocycles. The van der Waals surface area contributed by atoms with E-state index in [1.54, 1.807) is 13.0 Å². The van der Waals surface area contributed by atoms with Gasteiger partial charge in [-0.05, 0) is 39.4 Å². The van der Waals surface area contributed by atoms with Crippen molar-refractivity contribution in [3.05, 3.63) is 53.1 Å². The Morgan fingerprint density at radius 1 is 1.30 bits per heavy atom. The zero-order valence-corrected chi connectivity index (χ0v) is 12.5. The molecule has 0 fully saturated rings. The predicted molar refractivity (Wildman–Crippen MR) is 79.3 cm³/mol. The molecular formula is C16H22FN3. The fourth-order valence-corrected chi connectivity index (χ4v) is 2.29. The van der Waals surface area contributed by atoms with Gasteiger partial charge >= 0.3 is 0 Å². The molecule has 1 aromatic heterocycles. The minimum atomic E-state index is -0.129. The fraction of sp³-hybridized carbons (Fsp3) is 0.438. The number of hydrogen-bond acceptors (Lipinski definition) is 2. The maximum Gasteiger partial charge on any atom is 0.130 e. The molecule has 1 N–H and O–H groups in total. The third-order valence-corrected chi connectivity index (χ3v) is 3.55. The molecule has 1 heterocycles. The average Bonchev–Trinajstić information content (AvgIpc) is 2.88. The third kappa shape index (κ3) is 3.07. The number of aryl methyl sites for hydroxylation is 1. The zero-order valence-electron chi connectivity index (χ0n) is 12.5. The summed E-state index contributed by atoms with van der Waals surface area (Å²) in [6, 6.07) is 7.79. The molecule has 0 aliphatic carbocycles. The predicted octanol–water partition coefficient (Wildman–Crippen LogP) is 3.41. The highest BCUT2D eigenvalue weighted by atomic mass is 19.1. The van der Waals surface area contributed by atoms with Gasteiger partial charge in [-0.3, -0.25) is 4.68 Å². The maximum atomic E-state index is 14.2. The second-order valence-corrected chi connectivity index (χ2v) is 5.40. The Morgan fingerprint density at radius 2 is 2.05 bits per heavy atom. The van der Waals surface area contributed by atoms with E-state index in [1.165, 1.54) is 0 Å². The number of nitrogens with zero attached hydrogens (tertiary/aromatic N) is 2. The van der Waals surface area contributed by atoms with Gasteiger partial charge < -0.3 is 5.32 Å². The molecule has 0 radical (unpaired) electrons. The van der Waals surface area contributed by atoms with E-state index in [0.717, 1.165) is 5.69 Å². The summed E-state index contributed by atoms with van der Waals surface area (Å²) < 4.78 is 16.1. The van der Waals surface area contributed by atoms with Gasteiger partial charge in [0, 0.05) is 30.3 Å². The van der Waals surface area contributed by atoms with Crippen molar-refractivity contribution in [1.82, 2.24) is 15.1 Å². The van der Waals surface area contributed by atoms with Crippen molar-refractivity contribution >= 4 is 0 Å². The monoisotopic (exact) mass is 275 g/mol. The van der Waals surface area contributed by atoms with Crippen LogP contribution in [0, 0.1) is 12.7 Å². The van der Waals surface area contributed by atoms with Crippen LogP contribution in [0.15, 0.2) is 30.5 Å². The Kier molecular flexibility index (Phi) is 4.55. The number of benzene rings is 1. The zero-order chi connectivity index (χ0) is 14.7. The van der Waals surface area contributed by atoms with Crippen LogP contribution >= 0.6 is 0 Å². The molecule has 0 aliphatic rings. The molecule has 0 saturated carbocycles. The largest absolute Gasteiger partial charge is 0.313 e. The number of rotatable bonds is 5. The van der Waals surface area contributed by atoms with E-state index in [2.05, 4.69) is 24.3 Å². The molecule has 1 unspecified atom stereocenters. The van der Waals surface area contributed by atoms with Crippen LogP contribution in [-0.4, -0.2) is 16.8 Å². The van der Waals surface area contributed by atoms with E-state index in [9.17, 15) is 4.39 Å². The molecule has 2 aromatic rings. The molecule has 20 heavy (non-hydrogen) atoms. The fourth-order valence-electron chi connectivity index (χ4n) is 2.29. The van der Waals surface area contributed by atoms with E-state index in [4.69, 9.17) is 0 Å². The van der Waals surface area contributed by atoms with Crippen molar-refractivity contribution in [2.24, 2.45) is 0 Å². The normalized spacial score (nSPS) is 12.9. The summed E-state index contributed by atoms with van der Waals surface area (Å²) in [7, 11) is 1.85. The molecule has 2 rings (SSSR count). The highest BCUT2D eigenvalue weighted by Gasteiger charge is 2.17. The van der Waals surface area contributed by atoms with Gasteiger partial charge in [0.25, 0.3) is 0 Å². The first-order valence-corrected chi connectivity index (χ1v) is 6.99. The molecular weight excluding hydrogens is 253 g/mol. The van der Waals surface area contributed by atoms with Crippen LogP contribution in [0.25, 0.3) is 0 Å². The summed E-state index contributed by atoms with van der Waals surface area (Å²) in [4.78, 5) is 0. The Balaban J connectivity index is 2.22. The van der Waals surface area contributed by atoms with Crippen LogP contribution < -0.4 is 5.32 Å². The number of aromatic nitrogens is 2. The van der Waals surface area contributed by atoms with Gasteiger partial charge in [-0.15, -0.1) is 0 Å². The van der Waals surface area contributed by atoms with Crippen LogP contribution in [0.4, 0.5) is 4.39 Å². The van der Waals surface area contributed by atoms with E-state index in [1.807, 2.05) is 36.1 Å². The first kappa shape index (κ1) is 14.7. The van der Waals surface area contributed by atoms with Crippen LogP contribution in [-0.2, 0) is 6.42 Å². The molecule has 108 valence electrons. The van der Waals surface area contributed by atoms with Gasteiger partial charge in [-0.25, -0.2) is 4.39 Å². The topological polar surface area (TPSA) is 29.9 Å². The van der Waals surface area contributed by atoms with E-state index >= 15 is 0 Å². The van der Waals surface area contributed by atoms with Crippen LogP contribution in [0.5, 0.6) is 0 Å². The van der Waals surface area contributed by atoms with Crippen molar-refractivity contribution in [2.75, 3.05) is 7.05 Å². The lowest BCUT2D eigenvalue weighted by Gasteiger charge is -2.17. The van der Waals surface area contributed by atoms with Gasteiger partial charge in [0.15, 0.2) is 0 Å². The van der Waals surface area contributed by atoms with Crippen LogP contribution in [0.2, 0.25) is 0 Å². The number of likely N-dealkylation sites (N-methyl/N-ethyl adjacent to an activating group) is 1. The van der Waals surface area contributed by atoms with Gasteiger partial charge in [0.2, 0.25) is 0 Å². The number of hydrogen-bond donors (Lipinski definition) is 1. The third-order valence-electron chi connectivity index (χ3n) is 3.55. The van der Waals surface area contributed by atoms with Gasteiger partial charge in [-0.2, -0.15) is 5.10 Å². The van der Waals surface area contributed by atoms with Crippen molar-refractivity contribution in [3.8, 4) is 0 Å². The second kappa shape index (κ2) is 6.18. The molecule has 0 bridgehead atoms. The Morgan fingerprint density at radius 3 is 2.65 bits per heavy atom. The summed E-state index contributed by atoms with van der Waals surface area (Å²) >= 11 is 0. The molecule has 4 heteroatoms. The molecule has 0 spiro atoms. The Labute approximate surface area is 119 Å². The van der Waals surface area contributed by atoms with E-state index in [-0.39, 0.29) is 11.9 Å². The van der Waals surface area contributed by atoms with Crippen molar-refractivity contribution < 1.29 is 4.39 Å². The van der Waals surface area contributed by atoms with Crippen LogP contribution in [0.1, 0.15) is 42.8 Å². The second-order valence-electron chi connectivity index (χ2n) is 5.40. The first-order chi connectivity index (χ1) is 9.52. The standard InChI is InChI=1S/C16H22FN3/c1-11(2)20-9-8-13(19-20)10-15(18-4)14-7-5-6-12(3)16(14)17/h5-9,11,15,18H,10H2,1-4H3. The summed E-state index contributed by atoms with van der Waals surface area (Å²) in [5, 5.41) is 7.71. The van der Waals surface area contributed by atoms with Crippen molar-refractivity contribution in [2.45, 2.75) is 39.3 Å². The lowest BCUT2D eigenvalue weighted by atomic mass is 9.99. The van der Waals surface area contributed by atoms with Crippen molar-refractivity contribution in [1.29, 1.82) is 0 Å².